The number of carbonyl (C=O) groups is 3. The lowest BCUT2D eigenvalue weighted by Gasteiger charge is -2.16. The standard InChI is InChI=1S/C27H27NO7/c1-34-24-10-7-19(14-25(29)30)13-23(24)22-9-8-20(27(32)33)15-21(22)16-28-12-11-26(31)35-17-18-5-3-2-4-6-18/h2-10,13,15,28H,11-12,14,16-17H2,1H3,(H,29,30)(H,32,33). The summed E-state index contributed by atoms with van der Waals surface area (Å²) in [5.41, 5.74) is 3.65. The van der Waals surface area contributed by atoms with Crippen molar-refractivity contribution in [1.82, 2.24) is 5.32 Å². The van der Waals surface area contributed by atoms with Crippen LogP contribution in [0.1, 0.15) is 33.5 Å². The third-order valence-electron chi connectivity index (χ3n) is 5.33. The number of hydrogen-bond acceptors (Lipinski definition) is 6. The Bertz CT molecular complexity index is 1190. The van der Waals surface area contributed by atoms with E-state index in [9.17, 15) is 19.5 Å². The molecule has 0 aliphatic carbocycles. The van der Waals surface area contributed by atoms with Crippen LogP contribution in [0.2, 0.25) is 0 Å². The van der Waals surface area contributed by atoms with Crippen molar-refractivity contribution in [3.63, 3.8) is 0 Å². The first-order valence-electron chi connectivity index (χ1n) is 11.0. The van der Waals surface area contributed by atoms with Gasteiger partial charge in [-0.25, -0.2) is 4.79 Å². The summed E-state index contributed by atoms with van der Waals surface area (Å²) in [6, 6.07) is 19.2. The van der Waals surface area contributed by atoms with Gasteiger partial charge in [0.2, 0.25) is 0 Å². The van der Waals surface area contributed by atoms with Gasteiger partial charge in [-0.05, 0) is 46.5 Å². The number of carboxylic acid groups (broad SMARTS) is 2. The van der Waals surface area contributed by atoms with Gasteiger partial charge in [-0.2, -0.15) is 0 Å². The minimum atomic E-state index is -1.06. The molecule has 0 saturated heterocycles. The Morgan fingerprint density at radius 2 is 1.66 bits per heavy atom. The fourth-order valence-corrected chi connectivity index (χ4v) is 3.61. The summed E-state index contributed by atoms with van der Waals surface area (Å²) < 4.78 is 10.7. The molecule has 0 saturated carbocycles. The number of nitrogens with one attached hydrogen (secondary N) is 1. The zero-order valence-corrected chi connectivity index (χ0v) is 19.3. The van der Waals surface area contributed by atoms with Gasteiger partial charge < -0.3 is 25.0 Å². The van der Waals surface area contributed by atoms with Crippen molar-refractivity contribution >= 4 is 17.9 Å². The monoisotopic (exact) mass is 477 g/mol. The number of carboxylic acids is 2. The third kappa shape index (κ3) is 7.41. The molecule has 3 aromatic carbocycles. The Balaban J connectivity index is 1.72. The molecule has 0 radical (unpaired) electrons. The summed E-state index contributed by atoms with van der Waals surface area (Å²) in [5.74, 6) is -1.82. The number of carbonyl (C=O) groups excluding carboxylic acids is 1. The average molecular weight is 478 g/mol. The quantitative estimate of drug-likeness (QED) is 0.265. The predicted octanol–water partition coefficient (Wildman–Crippen LogP) is 3.91. The Hall–Kier alpha value is -4.17. The summed E-state index contributed by atoms with van der Waals surface area (Å²) in [5, 5.41) is 21.8. The van der Waals surface area contributed by atoms with Gasteiger partial charge in [0.1, 0.15) is 12.4 Å². The lowest BCUT2D eigenvalue weighted by Crippen LogP contribution is -2.19. The zero-order valence-electron chi connectivity index (χ0n) is 19.3. The van der Waals surface area contributed by atoms with Crippen LogP contribution in [0.4, 0.5) is 0 Å². The van der Waals surface area contributed by atoms with Gasteiger partial charge in [-0.15, -0.1) is 0 Å². The molecular weight excluding hydrogens is 450 g/mol. The molecular formula is C27H27NO7. The maximum absolute atomic E-state index is 12.1. The Morgan fingerprint density at radius 1 is 0.886 bits per heavy atom. The molecule has 3 N–H and O–H groups in total. The number of aromatic carboxylic acids is 1. The number of ether oxygens (including phenoxy) is 2. The third-order valence-corrected chi connectivity index (χ3v) is 5.33. The molecule has 0 bridgehead atoms. The number of methoxy groups -OCH3 is 1. The largest absolute Gasteiger partial charge is 0.496 e. The van der Waals surface area contributed by atoms with E-state index in [1.807, 2.05) is 30.3 Å². The molecule has 8 nitrogen and oxygen atoms in total. The molecule has 0 heterocycles. The second-order valence-corrected chi connectivity index (χ2v) is 7.86. The molecule has 0 fully saturated rings. The molecule has 0 amide bonds. The first-order valence-corrected chi connectivity index (χ1v) is 11.0. The molecule has 0 aliphatic rings. The minimum absolute atomic E-state index is 0.119. The molecule has 0 spiro atoms. The molecule has 8 heteroatoms. The van der Waals surface area contributed by atoms with E-state index < -0.39 is 11.9 Å². The molecule has 0 unspecified atom stereocenters. The van der Waals surface area contributed by atoms with Crippen molar-refractivity contribution in [2.24, 2.45) is 0 Å². The van der Waals surface area contributed by atoms with Crippen molar-refractivity contribution in [3.05, 3.63) is 89.0 Å². The van der Waals surface area contributed by atoms with Crippen LogP contribution >= 0.6 is 0 Å². The Morgan fingerprint density at radius 3 is 2.34 bits per heavy atom. The molecule has 3 aromatic rings. The average Bonchev–Trinajstić information content (AvgIpc) is 2.85. The predicted molar refractivity (Wildman–Crippen MR) is 129 cm³/mol. The first kappa shape index (κ1) is 25.5. The van der Waals surface area contributed by atoms with E-state index >= 15 is 0 Å². The van der Waals surface area contributed by atoms with Gasteiger partial charge in [-0.1, -0.05) is 42.5 Å². The van der Waals surface area contributed by atoms with Crippen LogP contribution in [-0.4, -0.2) is 41.8 Å². The van der Waals surface area contributed by atoms with Crippen molar-refractivity contribution < 1.29 is 34.1 Å². The molecule has 0 aliphatic heterocycles. The van der Waals surface area contributed by atoms with E-state index in [0.29, 0.717) is 34.5 Å². The highest BCUT2D eigenvalue weighted by Crippen LogP contribution is 2.34. The lowest BCUT2D eigenvalue weighted by molar-refractivity contribution is -0.144. The van der Waals surface area contributed by atoms with Crippen molar-refractivity contribution in [1.29, 1.82) is 0 Å². The normalized spacial score (nSPS) is 10.5. The SMILES string of the molecule is COc1ccc(CC(=O)O)cc1-c1ccc(C(=O)O)cc1CNCCC(=O)OCc1ccccc1. The van der Waals surface area contributed by atoms with E-state index in [1.165, 1.54) is 13.2 Å². The fraction of sp³-hybridized carbons (Fsp3) is 0.222. The number of benzene rings is 3. The molecule has 182 valence electrons. The van der Waals surface area contributed by atoms with E-state index in [4.69, 9.17) is 14.6 Å². The number of aliphatic carboxylic acids is 1. The molecule has 0 atom stereocenters. The van der Waals surface area contributed by atoms with Crippen LogP contribution in [0.3, 0.4) is 0 Å². The van der Waals surface area contributed by atoms with Gasteiger partial charge in [0, 0.05) is 18.7 Å². The maximum atomic E-state index is 12.1. The summed E-state index contributed by atoms with van der Waals surface area (Å²) in [7, 11) is 1.51. The van der Waals surface area contributed by atoms with Gasteiger partial charge in [0.15, 0.2) is 0 Å². The molecule has 35 heavy (non-hydrogen) atoms. The van der Waals surface area contributed by atoms with E-state index in [2.05, 4.69) is 5.32 Å². The van der Waals surface area contributed by atoms with Gasteiger partial charge in [0.25, 0.3) is 0 Å². The summed E-state index contributed by atoms with van der Waals surface area (Å²) in [6.07, 6.45) is 0.00108. The fourth-order valence-electron chi connectivity index (χ4n) is 3.61. The highest BCUT2D eigenvalue weighted by Gasteiger charge is 2.15. The number of rotatable bonds is 12. The number of esters is 1. The Labute approximate surface area is 203 Å². The van der Waals surface area contributed by atoms with Gasteiger partial charge in [0.05, 0.1) is 25.5 Å². The maximum Gasteiger partial charge on any atom is 0.335 e. The molecule has 3 rings (SSSR count). The Kier molecular flexibility index (Phi) is 8.97. The minimum Gasteiger partial charge on any atom is -0.496 e. The second-order valence-electron chi connectivity index (χ2n) is 7.86. The second kappa shape index (κ2) is 12.3. The van der Waals surface area contributed by atoms with Crippen molar-refractivity contribution in [2.45, 2.75) is 26.0 Å². The van der Waals surface area contributed by atoms with Crippen molar-refractivity contribution in [2.75, 3.05) is 13.7 Å². The summed E-state index contributed by atoms with van der Waals surface area (Å²) in [4.78, 5) is 34.8. The summed E-state index contributed by atoms with van der Waals surface area (Å²) >= 11 is 0. The first-order chi connectivity index (χ1) is 16.9. The van der Waals surface area contributed by atoms with Crippen LogP contribution < -0.4 is 10.1 Å². The van der Waals surface area contributed by atoms with E-state index in [-0.39, 0.29) is 37.5 Å². The van der Waals surface area contributed by atoms with Crippen LogP contribution in [-0.2, 0) is 33.9 Å². The number of hydrogen-bond donors (Lipinski definition) is 3. The lowest BCUT2D eigenvalue weighted by atomic mass is 9.94. The molecule has 0 aromatic heterocycles. The van der Waals surface area contributed by atoms with Crippen molar-refractivity contribution in [3.8, 4) is 16.9 Å². The zero-order chi connectivity index (χ0) is 25.2. The van der Waals surface area contributed by atoms with Crippen LogP contribution in [0.25, 0.3) is 11.1 Å². The van der Waals surface area contributed by atoms with E-state index in [0.717, 1.165) is 5.56 Å². The van der Waals surface area contributed by atoms with Crippen LogP contribution in [0.5, 0.6) is 5.75 Å². The van der Waals surface area contributed by atoms with Gasteiger partial charge in [-0.3, -0.25) is 9.59 Å². The van der Waals surface area contributed by atoms with Gasteiger partial charge >= 0.3 is 17.9 Å². The highest BCUT2D eigenvalue weighted by molar-refractivity contribution is 5.89. The summed E-state index contributed by atoms with van der Waals surface area (Å²) in [6.45, 7) is 0.826. The topological polar surface area (TPSA) is 122 Å². The smallest absolute Gasteiger partial charge is 0.335 e. The van der Waals surface area contributed by atoms with E-state index in [1.54, 1.807) is 30.3 Å². The van der Waals surface area contributed by atoms with Crippen LogP contribution in [0.15, 0.2) is 66.7 Å². The highest BCUT2D eigenvalue weighted by atomic mass is 16.5. The van der Waals surface area contributed by atoms with Crippen LogP contribution in [0, 0.1) is 0 Å².